The van der Waals surface area contributed by atoms with Crippen molar-refractivity contribution in [3.05, 3.63) is 30.1 Å². The Labute approximate surface area is 84.1 Å². The molecule has 0 amide bonds. The van der Waals surface area contributed by atoms with E-state index in [2.05, 4.69) is 5.32 Å². The van der Waals surface area contributed by atoms with E-state index in [4.69, 9.17) is 4.74 Å². The lowest BCUT2D eigenvalue weighted by molar-refractivity contribution is 0.0870. The van der Waals surface area contributed by atoms with Crippen LogP contribution in [0.15, 0.2) is 24.3 Å². The van der Waals surface area contributed by atoms with E-state index in [1.165, 1.54) is 12.1 Å². The molecule has 0 aromatic heterocycles. The van der Waals surface area contributed by atoms with Crippen LogP contribution in [0.5, 0.6) is 0 Å². The number of rotatable bonds is 5. The zero-order chi connectivity index (χ0) is 10.4. The molecule has 0 aliphatic rings. The fraction of sp³-hybridized carbons (Fsp3) is 0.455. The first-order chi connectivity index (χ1) is 6.68. The van der Waals surface area contributed by atoms with Crippen molar-refractivity contribution in [2.45, 2.75) is 20.0 Å². The van der Waals surface area contributed by atoms with Crippen LogP contribution >= 0.6 is 0 Å². The summed E-state index contributed by atoms with van der Waals surface area (Å²) in [6, 6.07) is 6.41. The number of hydrogen-bond donors (Lipinski definition) is 1. The minimum absolute atomic E-state index is 0.222. The molecule has 0 aliphatic heterocycles. The van der Waals surface area contributed by atoms with E-state index in [0.29, 0.717) is 13.2 Å². The van der Waals surface area contributed by atoms with Gasteiger partial charge in [-0.3, -0.25) is 0 Å². The number of nitrogens with one attached hydrogen (secondary N) is 1. The largest absolute Gasteiger partial charge is 0.383 e. The summed E-state index contributed by atoms with van der Waals surface area (Å²) in [6.45, 7) is 5.31. The van der Waals surface area contributed by atoms with E-state index in [0.717, 1.165) is 5.69 Å². The topological polar surface area (TPSA) is 21.3 Å². The van der Waals surface area contributed by atoms with Gasteiger partial charge in [0.1, 0.15) is 5.82 Å². The van der Waals surface area contributed by atoms with Crippen molar-refractivity contribution in [3.8, 4) is 0 Å². The molecule has 0 radical (unpaired) electrons. The summed E-state index contributed by atoms with van der Waals surface area (Å²) in [5, 5.41) is 3.08. The van der Waals surface area contributed by atoms with Gasteiger partial charge in [-0.2, -0.15) is 0 Å². The molecule has 2 nitrogen and oxygen atoms in total. The summed E-state index contributed by atoms with van der Waals surface area (Å²) in [5.74, 6) is -0.222. The van der Waals surface area contributed by atoms with Gasteiger partial charge in [0.25, 0.3) is 0 Å². The van der Waals surface area contributed by atoms with E-state index in [1.54, 1.807) is 6.07 Å². The fourth-order valence-corrected chi connectivity index (χ4v) is 1.09. The molecular weight excluding hydrogens is 181 g/mol. The third kappa shape index (κ3) is 4.23. The first-order valence-electron chi connectivity index (χ1n) is 4.79. The van der Waals surface area contributed by atoms with Gasteiger partial charge in [-0.15, -0.1) is 0 Å². The van der Waals surface area contributed by atoms with Gasteiger partial charge in [-0.1, -0.05) is 6.07 Å². The highest BCUT2D eigenvalue weighted by molar-refractivity contribution is 5.42. The van der Waals surface area contributed by atoms with Crippen LogP contribution in [0.25, 0.3) is 0 Å². The van der Waals surface area contributed by atoms with E-state index in [1.807, 2.05) is 19.9 Å². The second-order valence-electron chi connectivity index (χ2n) is 3.36. The number of halogens is 1. The van der Waals surface area contributed by atoms with E-state index >= 15 is 0 Å². The second kappa shape index (κ2) is 5.60. The van der Waals surface area contributed by atoms with E-state index in [-0.39, 0.29) is 11.9 Å². The Balaban J connectivity index is 2.25. The lowest BCUT2D eigenvalue weighted by Gasteiger charge is -2.09. The standard InChI is InChI=1S/C11H16FNO/c1-9(2)14-7-6-13-11-5-3-4-10(12)8-11/h3-5,8-9,13H,6-7H2,1-2H3. The molecule has 1 aromatic carbocycles. The summed E-state index contributed by atoms with van der Waals surface area (Å²) < 4.78 is 18.1. The van der Waals surface area contributed by atoms with Crippen LogP contribution in [-0.2, 0) is 4.74 Å². The minimum atomic E-state index is -0.222. The summed E-state index contributed by atoms with van der Waals surface area (Å²) in [7, 11) is 0. The number of benzene rings is 1. The van der Waals surface area contributed by atoms with Crippen molar-refractivity contribution in [2.24, 2.45) is 0 Å². The van der Waals surface area contributed by atoms with Crippen LogP contribution in [-0.4, -0.2) is 19.3 Å². The molecule has 1 N–H and O–H groups in total. The smallest absolute Gasteiger partial charge is 0.125 e. The van der Waals surface area contributed by atoms with E-state index < -0.39 is 0 Å². The van der Waals surface area contributed by atoms with Crippen molar-refractivity contribution >= 4 is 5.69 Å². The molecule has 0 fully saturated rings. The SMILES string of the molecule is CC(C)OCCNc1cccc(F)c1. The molecule has 1 rings (SSSR count). The van der Waals surface area contributed by atoms with Crippen molar-refractivity contribution in [1.82, 2.24) is 0 Å². The lowest BCUT2D eigenvalue weighted by Crippen LogP contribution is -2.13. The van der Waals surface area contributed by atoms with Gasteiger partial charge in [0.15, 0.2) is 0 Å². The molecule has 0 atom stereocenters. The highest BCUT2D eigenvalue weighted by atomic mass is 19.1. The van der Waals surface area contributed by atoms with Gasteiger partial charge in [-0.25, -0.2) is 4.39 Å². The maximum absolute atomic E-state index is 12.7. The Morgan fingerprint density at radius 1 is 1.43 bits per heavy atom. The molecule has 0 aliphatic carbocycles. The predicted octanol–water partition coefficient (Wildman–Crippen LogP) is 2.66. The van der Waals surface area contributed by atoms with Crippen molar-refractivity contribution < 1.29 is 9.13 Å². The van der Waals surface area contributed by atoms with Crippen LogP contribution in [0.3, 0.4) is 0 Å². The molecule has 0 heterocycles. The third-order valence-electron chi connectivity index (χ3n) is 1.71. The average Bonchev–Trinajstić information content (AvgIpc) is 2.12. The summed E-state index contributed by atoms with van der Waals surface area (Å²) in [6.07, 6.45) is 0.240. The second-order valence-corrected chi connectivity index (χ2v) is 3.36. The predicted molar refractivity (Wildman–Crippen MR) is 56.0 cm³/mol. The molecule has 3 heteroatoms. The molecule has 78 valence electrons. The van der Waals surface area contributed by atoms with Gasteiger partial charge in [-0.05, 0) is 32.0 Å². The van der Waals surface area contributed by atoms with Gasteiger partial charge >= 0.3 is 0 Å². The van der Waals surface area contributed by atoms with Crippen molar-refractivity contribution in [2.75, 3.05) is 18.5 Å². The zero-order valence-electron chi connectivity index (χ0n) is 8.59. The Kier molecular flexibility index (Phi) is 4.40. The normalized spacial score (nSPS) is 10.6. The van der Waals surface area contributed by atoms with Crippen LogP contribution in [0.4, 0.5) is 10.1 Å². The fourth-order valence-electron chi connectivity index (χ4n) is 1.09. The first-order valence-corrected chi connectivity index (χ1v) is 4.79. The Bertz CT molecular complexity index is 276. The molecule has 0 spiro atoms. The monoisotopic (exact) mass is 197 g/mol. The highest BCUT2D eigenvalue weighted by Crippen LogP contribution is 2.08. The summed E-state index contributed by atoms with van der Waals surface area (Å²) >= 11 is 0. The maximum atomic E-state index is 12.7. The van der Waals surface area contributed by atoms with Gasteiger partial charge in [0, 0.05) is 12.2 Å². The van der Waals surface area contributed by atoms with Gasteiger partial charge in [0.2, 0.25) is 0 Å². The van der Waals surface area contributed by atoms with Crippen molar-refractivity contribution in [3.63, 3.8) is 0 Å². The molecule has 1 aromatic rings. The molecule has 0 bridgehead atoms. The highest BCUT2D eigenvalue weighted by Gasteiger charge is 1.95. The number of ether oxygens (including phenoxy) is 1. The average molecular weight is 197 g/mol. The van der Waals surface area contributed by atoms with Crippen molar-refractivity contribution in [1.29, 1.82) is 0 Å². The Hall–Kier alpha value is -1.09. The summed E-state index contributed by atoms with van der Waals surface area (Å²) in [5.41, 5.74) is 0.789. The van der Waals surface area contributed by atoms with E-state index in [9.17, 15) is 4.39 Å². The maximum Gasteiger partial charge on any atom is 0.125 e. The van der Waals surface area contributed by atoms with Crippen LogP contribution < -0.4 is 5.32 Å². The van der Waals surface area contributed by atoms with Crippen LogP contribution in [0.2, 0.25) is 0 Å². The van der Waals surface area contributed by atoms with Gasteiger partial charge < -0.3 is 10.1 Å². The Morgan fingerprint density at radius 3 is 2.86 bits per heavy atom. The summed E-state index contributed by atoms with van der Waals surface area (Å²) in [4.78, 5) is 0. The molecule has 0 saturated heterocycles. The molecule has 0 unspecified atom stereocenters. The molecule has 14 heavy (non-hydrogen) atoms. The van der Waals surface area contributed by atoms with Crippen LogP contribution in [0, 0.1) is 5.82 Å². The molecule has 0 saturated carbocycles. The quantitative estimate of drug-likeness (QED) is 0.733. The number of hydrogen-bond acceptors (Lipinski definition) is 2. The number of anilines is 1. The Morgan fingerprint density at radius 2 is 2.21 bits per heavy atom. The van der Waals surface area contributed by atoms with Crippen LogP contribution in [0.1, 0.15) is 13.8 Å². The van der Waals surface area contributed by atoms with Gasteiger partial charge in [0.05, 0.1) is 12.7 Å². The third-order valence-corrected chi connectivity index (χ3v) is 1.71. The minimum Gasteiger partial charge on any atom is -0.383 e. The zero-order valence-corrected chi connectivity index (χ0v) is 8.59. The lowest BCUT2D eigenvalue weighted by atomic mass is 10.3. The first kappa shape index (κ1) is 11.0. The molecular formula is C11H16FNO.